The highest BCUT2D eigenvalue weighted by Gasteiger charge is 2.16. The number of aromatic hydroxyl groups is 1. The lowest BCUT2D eigenvalue weighted by Gasteiger charge is -2.11. The van der Waals surface area contributed by atoms with Gasteiger partial charge in [0, 0.05) is 28.8 Å². The second kappa shape index (κ2) is 6.29. The van der Waals surface area contributed by atoms with E-state index in [2.05, 4.69) is 4.98 Å². The SMILES string of the molecule is N#Cc1c(-c2ccccc2O)cc(-c2cccc([N+](=O)[O-])c2)nc1N. The predicted molar refractivity (Wildman–Crippen MR) is 92.6 cm³/mol. The number of hydrogen-bond donors (Lipinski definition) is 2. The van der Waals surface area contributed by atoms with E-state index in [9.17, 15) is 20.5 Å². The third kappa shape index (κ3) is 2.96. The molecule has 1 aromatic heterocycles. The molecule has 0 saturated carbocycles. The molecule has 0 fully saturated rings. The summed E-state index contributed by atoms with van der Waals surface area (Å²) in [5.41, 5.74) is 7.67. The normalized spacial score (nSPS) is 10.2. The Morgan fingerprint density at radius 1 is 1.12 bits per heavy atom. The maximum absolute atomic E-state index is 11.0. The molecule has 3 rings (SSSR count). The van der Waals surface area contributed by atoms with E-state index in [1.54, 1.807) is 36.4 Å². The molecular weight excluding hydrogens is 320 g/mol. The summed E-state index contributed by atoms with van der Waals surface area (Å²) in [5.74, 6) is -0.0145. The van der Waals surface area contributed by atoms with Crippen molar-refractivity contribution in [1.29, 1.82) is 5.26 Å². The van der Waals surface area contributed by atoms with Crippen LogP contribution in [0.25, 0.3) is 22.4 Å². The molecule has 0 aliphatic rings. The van der Waals surface area contributed by atoms with Crippen molar-refractivity contribution in [2.24, 2.45) is 0 Å². The minimum absolute atomic E-state index is 0.00501. The van der Waals surface area contributed by atoms with Crippen LogP contribution in [-0.4, -0.2) is 15.0 Å². The number of phenolic OH excluding ortho intramolecular Hbond substituents is 1. The highest BCUT2D eigenvalue weighted by molar-refractivity contribution is 5.83. The van der Waals surface area contributed by atoms with Gasteiger partial charge >= 0.3 is 0 Å². The van der Waals surface area contributed by atoms with Gasteiger partial charge in [0.15, 0.2) is 0 Å². The van der Waals surface area contributed by atoms with Crippen LogP contribution in [0.2, 0.25) is 0 Å². The molecule has 0 amide bonds. The number of nitriles is 1. The molecule has 3 N–H and O–H groups in total. The zero-order valence-corrected chi connectivity index (χ0v) is 12.9. The van der Waals surface area contributed by atoms with Crippen LogP contribution >= 0.6 is 0 Å². The van der Waals surface area contributed by atoms with E-state index in [4.69, 9.17) is 5.73 Å². The molecule has 0 atom stereocenters. The number of aromatic nitrogens is 1. The summed E-state index contributed by atoms with van der Waals surface area (Å²) >= 11 is 0. The number of nitrogens with zero attached hydrogens (tertiary/aromatic N) is 3. The van der Waals surface area contributed by atoms with Crippen LogP contribution in [0.1, 0.15) is 5.56 Å². The maximum Gasteiger partial charge on any atom is 0.270 e. The number of nitro groups is 1. The van der Waals surface area contributed by atoms with Crippen LogP contribution in [0, 0.1) is 21.4 Å². The van der Waals surface area contributed by atoms with Crippen LogP contribution in [0.3, 0.4) is 0 Å². The molecule has 0 bridgehead atoms. The van der Waals surface area contributed by atoms with Gasteiger partial charge in [-0.15, -0.1) is 0 Å². The van der Waals surface area contributed by atoms with E-state index in [1.807, 2.05) is 6.07 Å². The summed E-state index contributed by atoms with van der Waals surface area (Å²) in [7, 11) is 0. The van der Waals surface area contributed by atoms with E-state index in [1.165, 1.54) is 18.2 Å². The Morgan fingerprint density at radius 3 is 2.56 bits per heavy atom. The van der Waals surface area contributed by atoms with E-state index in [-0.39, 0.29) is 22.8 Å². The average molecular weight is 332 g/mol. The largest absolute Gasteiger partial charge is 0.507 e. The second-order valence-electron chi connectivity index (χ2n) is 5.25. The number of non-ortho nitro benzene ring substituents is 1. The van der Waals surface area contributed by atoms with E-state index in [0.29, 0.717) is 22.4 Å². The van der Waals surface area contributed by atoms with Crippen LogP contribution in [0.4, 0.5) is 11.5 Å². The Bertz CT molecular complexity index is 1030. The Labute approximate surface area is 142 Å². The van der Waals surface area contributed by atoms with Crippen LogP contribution in [0.5, 0.6) is 5.75 Å². The first-order chi connectivity index (χ1) is 12.0. The van der Waals surface area contributed by atoms with Crippen molar-refractivity contribution in [3.8, 4) is 34.2 Å². The highest BCUT2D eigenvalue weighted by atomic mass is 16.6. The minimum Gasteiger partial charge on any atom is -0.507 e. The molecule has 0 unspecified atom stereocenters. The Kier molecular flexibility index (Phi) is 4.02. The van der Waals surface area contributed by atoms with Gasteiger partial charge in [0.05, 0.1) is 10.6 Å². The number of pyridine rings is 1. The number of nitrogen functional groups attached to an aromatic ring is 1. The van der Waals surface area contributed by atoms with Crippen molar-refractivity contribution in [2.75, 3.05) is 5.73 Å². The highest BCUT2D eigenvalue weighted by Crippen LogP contribution is 2.36. The van der Waals surface area contributed by atoms with Crippen molar-refractivity contribution in [1.82, 2.24) is 4.98 Å². The smallest absolute Gasteiger partial charge is 0.270 e. The number of phenols is 1. The summed E-state index contributed by atoms with van der Waals surface area (Å²) in [4.78, 5) is 14.7. The van der Waals surface area contributed by atoms with Gasteiger partial charge in [-0.1, -0.05) is 30.3 Å². The Balaban J connectivity index is 2.25. The predicted octanol–water partition coefficient (Wildman–Crippen LogP) is 3.48. The first-order valence-electron chi connectivity index (χ1n) is 7.25. The van der Waals surface area contributed by atoms with Crippen LogP contribution in [-0.2, 0) is 0 Å². The fourth-order valence-corrected chi connectivity index (χ4v) is 2.52. The van der Waals surface area contributed by atoms with Crippen molar-refractivity contribution in [3.63, 3.8) is 0 Å². The topological polar surface area (TPSA) is 126 Å². The van der Waals surface area contributed by atoms with Crippen molar-refractivity contribution in [2.45, 2.75) is 0 Å². The number of hydrogen-bond acceptors (Lipinski definition) is 6. The summed E-state index contributed by atoms with van der Waals surface area (Å²) in [6.45, 7) is 0. The summed E-state index contributed by atoms with van der Waals surface area (Å²) in [6, 6.07) is 16.1. The number of para-hydroxylation sites is 1. The van der Waals surface area contributed by atoms with Crippen molar-refractivity contribution >= 4 is 11.5 Å². The molecule has 0 spiro atoms. The van der Waals surface area contributed by atoms with Gasteiger partial charge in [0.1, 0.15) is 23.2 Å². The van der Waals surface area contributed by atoms with Gasteiger partial charge in [-0.05, 0) is 12.1 Å². The number of benzene rings is 2. The van der Waals surface area contributed by atoms with Gasteiger partial charge in [-0.2, -0.15) is 5.26 Å². The summed E-state index contributed by atoms with van der Waals surface area (Å²) in [5, 5.41) is 30.5. The fraction of sp³-hybridized carbons (Fsp3) is 0. The number of nitro benzene ring substituents is 1. The van der Waals surface area contributed by atoms with Gasteiger partial charge in [0.25, 0.3) is 5.69 Å². The van der Waals surface area contributed by atoms with Gasteiger partial charge in [-0.3, -0.25) is 10.1 Å². The molecule has 7 heteroatoms. The molecule has 0 aliphatic heterocycles. The number of rotatable bonds is 3. The lowest BCUT2D eigenvalue weighted by atomic mass is 9.97. The van der Waals surface area contributed by atoms with E-state index < -0.39 is 4.92 Å². The maximum atomic E-state index is 11.0. The van der Waals surface area contributed by atoms with Crippen molar-refractivity contribution in [3.05, 3.63) is 70.3 Å². The molecule has 2 aromatic carbocycles. The molecule has 0 radical (unpaired) electrons. The first-order valence-corrected chi connectivity index (χ1v) is 7.25. The van der Waals surface area contributed by atoms with Crippen LogP contribution < -0.4 is 5.73 Å². The van der Waals surface area contributed by atoms with Gasteiger partial charge < -0.3 is 10.8 Å². The Hall–Kier alpha value is -3.92. The first kappa shape index (κ1) is 16.0. The molecule has 0 aliphatic carbocycles. The molecule has 25 heavy (non-hydrogen) atoms. The van der Waals surface area contributed by atoms with Gasteiger partial charge in [-0.25, -0.2) is 4.98 Å². The molecule has 1 heterocycles. The average Bonchev–Trinajstić information content (AvgIpc) is 2.61. The van der Waals surface area contributed by atoms with E-state index >= 15 is 0 Å². The standard InChI is InChI=1S/C18H12N4O3/c19-10-15-14(13-6-1-2-7-17(13)23)9-16(21-18(15)20)11-4-3-5-12(8-11)22(24)25/h1-9,23H,(H2,20,21). The zero-order valence-electron chi connectivity index (χ0n) is 12.9. The molecular formula is C18H12N4O3. The number of anilines is 1. The third-order valence-electron chi connectivity index (χ3n) is 3.71. The molecule has 7 nitrogen and oxygen atoms in total. The quantitative estimate of drug-likeness (QED) is 0.558. The molecule has 3 aromatic rings. The van der Waals surface area contributed by atoms with E-state index in [0.717, 1.165) is 0 Å². The monoisotopic (exact) mass is 332 g/mol. The van der Waals surface area contributed by atoms with Crippen LogP contribution in [0.15, 0.2) is 54.6 Å². The summed E-state index contributed by atoms with van der Waals surface area (Å²) in [6.07, 6.45) is 0. The zero-order chi connectivity index (χ0) is 18.0. The van der Waals surface area contributed by atoms with Crippen molar-refractivity contribution < 1.29 is 10.0 Å². The molecule has 0 saturated heterocycles. The lowest BCUT2D eigenvalue weighted by molar-refractivity contribution is -0.384. The van der Waals surface area contributed by atoms with Gasteiger partial charge in [0.2, 0.25) is 0 Å². The second-order valence-corrected chi connectivity index (χ2v) is 5.25. The minimum atomic E-state index is -0.500. The lowest BCUT2D eigenvalue weighted by Crippen LogP contribution is -2.00. The summed E-state index contributed by atoms with van der Waals surface area (Å²) < 4.78 is 0. The molecule has 122 valence electrons. The fourth-order valence-electron chi connectivity index (χ4n) is 2.52. The Morgan fingerprint density at radius 2 is 1.88 bits per heavy atom. The number of nitrogens with two attached hydrogens (primary N) is 1. The third-order valence-corrected chi connectivity index (χ3v) is 3.71.